The summed E-state index contributed by atoms with van der Waals surface area (Å²) in [5, 5.41) is 0.853. The first kappa shape index (κ1) is 13.7. The van der Waals surface area contributed by atoms with Crippen molar-refractivity contribution < 1.29 is 0 Å². The summed E-state index contributed by atoms with van der Waals surface area (Å²) in [6.07, 6.45) is 2.10. The van der Waals surface area contributed by atoms with E-state index in [2.05, 4.69) is 24.8 Å². The first-order valence-electron chi connectivity index (χ1n) is 6.67. The summed E-state index contributed by atoms with van der Waals surface area (Å²) in [5.41, 5.74) is 8.78. The number of anilines is 1. The van der Waals surface area contributed by atoms with Crippen molar-refractivity contribution in [2.45, 2.75) is 39.7 Å². The van der Waals surface area contributed by atoms with Gasteiger partial charge < -0.3 is 10.6 Å². The van der Waals surface area contributed by atoms with Gasteiger partial charge in [0.05, 0.1) is 10.7 Å². The van der Waals surface area contributed by atoms with E-state index in [9.17, 15) is 0 Å². The van der Waals surface area contributed by atoms with Crippen LogP contribution < -0.4 is 10.6 Å². The maximum atomic E-state index is 6.40. The van der Waals surface area contributed by atoms with E-state index in [1.807, 2.05) is 19.1 Å². The zero-order valence-corrected chi connectivity index (χ0v) is 12.3. The average molecular weight is 267 g/mol. The van der Waals surface area contributed by atoms with E-state index in [-0.39, 0.29) is 6.04 Å². The molecule has 2 rings (SSSR count). The molecular weight excluding hydrogens is 244 g/mol. The van der Waals surface area contributed by atoms with Crippen LogP contribution in [0.2, 0.25) is 5.02 Å². The predicted molar refractivity (Wildman–Crippen MR) is 79.4 cm³/mol. The van der Waals surface area contributed by atoms with Gasteiger partial charge in [0.25, 0.3) is 0 Å². The monoisotopic (exact) mass is 266 g/mol. The molecular formula is C15H23ClN2. The number of nitrogens with two attached hydrogens (primary N) is 1. The summed E-state index contributed by atoms with van der Waals surface area (Å²) >= 11 is 6.40. The first-order valence-corrected chi connectivity index (χ1v) is 7.05. The molecule has 2 N–H and O–H groups in total. The fourth-order valence-corrected chi connectivity index (χ4v) is 3.04. The van der Waals surface area contributed by atoms with Crippen molar-refractivity contribution in [1.29, 1.82) is 0 Å². The quantitative estimate of drug-likeness (QED) is 0.908. The van der Waals surface area contributed by atoms with Gasteiger partial charge >= 0.3 is 0 Å². The summed E-state index contributed by atoms with van der Waals surface area (Å²) < 4.78 is 0. The highest BCUT2D eigenvalue weighted by Gasteiger charge is 2.31. The molecule has 1 atom stereocenters. The van der Waals surface area contributed by atoms with Crippen LogP contribution >= 0.6 is 11.6 Å². The number of hydrogen-bond donors (Lipinski definition) is 1. The fraction of sp³-hybridized carbons (Fsp3) is 0.600. The largest absolute Gasteiger partial charge is 0.370 e. The van der Waals surface area contributed by atoms with E-state index in [4.69, 9.17) is 17.3 Å². The number of rotatable bonds is 3. The summed E-state index contributed by atoms with van der Waals surface area (Å²) in [7, 11) is 0. The fourth-order valence-electron chi connectivity index (χ4n) is 2.73. The predicted octanol–water partition coefficient (Wildman–Crippen LogP) is 3.47. The molecule has 1 aliphatic heterocycles. The molecule has 1 aliphatic rings. The van der Waals surface area contributed by atoms with Crippen molar-refractivity contribution in [3.63, 3.8) is 0 Å². The molecule has 100 valence electrons. The molecule has 0 aromatic heterocycles. The molecule has 0 radical (unpaired) electrons. The average Bonchev–Trinajstić information content (AvgIpc) is 2.58. The molecule has 1 saturated heterocycles. The summed E-state index contributed by atoms with van der Waals surface area (Å²) in [6, 6.07) is 6.31. The van der Waals surface area contributed by atoms with Gasteiger partial charge in [-0.25, -0.2) is 0 Å². The van der Waals surface area contributed by atoms with E-state index >= 15 is 0 Å². The van der Waals surface area contributed by atoms with Crippen LogP contribution in [0.1, 0.15) is 32.8 Å². The highest BCUT2D eigenvalue weighted by Crippen LogP contribution is 2.38. The number of halogens is 1. The Bertz CT molecular complexity index is 427. The third-order valence-corrected chi connectivity index (χ3v) is 3.91. The lowest BCUT2D eigenvalue weighted by Gasteiger charge is -2.25. The van der Waals surface area contributed by atoms with Crippen molar-refractivity contribution in [2.24, 2.45) is 11.1 Å². The second-order valence-electron chi connectivity index (χ2n) is 6.26. The molecule has 1 aromatic carbocycles. The lowest BCUT2D eigenvalue weighted by Crippen LogP contribution is -2.26. The highest BCUT2D eigenvalue weighted by molar-refractivity contribution is 6.33. The molecule has 0 amide bonds. The topological polar surface area (TPSA) is 29.3 Å². The summed E-state index contributed by atoms with van der Waals surface area (Å²) in [6.45, 7) is 8.83. The van der Waals surface area contributed by atoms with E-state index in [1.54, 1.807) is 0 Å². The van der Waals surface area contributed by atoms with Crippen LogP contribution in [0, 0.1) is 5.41 Å². The third-order valence-electron chi connectivity index (χ3n) is 3.61. The maximum Gasteiger partial charge on any atom is 0.0642 e. The zero-order valence-electron chi connectivity index (χ0n) is 11.5. The van der Waals surface area contributed by atoms with Gasteiger partial charge in [0.1, 0.15) is 0 Å². The van der Waals surface area contributed by atoms with Gasteiger partial charge in [-0.15, -0.1) is 0 Å². The minimum Gasteiger partial charge on any atom is -0.370 e. The van der Waals surface area contributed by atoms with Gasteiger partial charge in [-0.1, -0.05) is 37.6 Å². The number of para-hydroxylation sites is 1. The van der Waals surface area contributed by atoms with E-state index in [0.29, 0.717) is 5.41 Å². The maximum absolute atomic E-state index is 6.40. The van der Waals surface area contributed by atoms with Crippen molar-refractivity contribution in [3.8, 4) is 0 Å². The molecule has 3 heteroatoms. The van der Waals surface area contributed by atoms with E-state index < -0.39 is 0 Å². The summed E-state index contributed by atoms with van der Waals surface area (Å²) in [5.74, 6) is 0. The Labute approximate surface area is 115 Å². The van der Waals surface area contributed by atoms with Crippen LogP contribution in [0.3, 0.4) is 0 Å². The van der Waals surface area contributed by atoms with Gasteiger partial charge in [0, 0.05) is 19.1 Å². The lowest BCUT2D eigenvalue weighted by atomic mass is 9.93. The van der Waals surface area contributed by atoms with E-state index in [1.165, 1.54) is 17.7 Å². The van der Waals surface area contributed by atoms with Crippen molar-refractivity contribution in [3.05, 3.63) is 28.8 Å². The highest BCUT2D eigenvalue weighted by atomic mass is 35.5. The van der Waals surface area contributed by atoms with Crippen LogP contribution in [0.5, 0.6) is 0 Å². The van der Waals surface area contributed by atoms with E-state index in [0.717, 1.165) is 24.5 Å². The number of nitrogens with zero attached hydrogens (tertiary/aromatic N) is 1. The van der Waals surface area contributed by atoms with Gasteiger partial charge in [0.15, 0.2) is 0 Å². The molecule has 1 heterocycles. The standard InChI is InChI=1S/C15H23ClN2/c1-11(17)9-12-5-4-6-13(16)14(12)18-8-7-15(2,3)10-18/h4-6,11H,7-10,17H2,1-3H3. The second-order valence-corrected chi connectivity index (χ2v) is 6.67. The first-order chi connectivity index (χ1) is 8.39. The van der Waals surface area contributed by atoms with Crippen LogP contribution in [-0.2, 0) is 6.42 Å². The van der Waals surface area contributed by atoms with Gasteiger partial charge in [-0.3, -0.25) is 0 Å². The minimum atomic E-state index is 0.165. The Morgan fingerprint density at radius 1 is 1.44 bits per heavy atom. The molecule has 18 heavy (non-hydrogen) atoms. The molecule has 0 bridgehead atoms. The normalized spacial score (nSPS) is 20.2. The smallest absolute Gasteiger partial charge is 0.0642 e. The number of benzene rings is 1. The van der Waals surface area contributed by atoms with Crippen molar-refractivity contribution >= 4 is 17.3 Å². The molecule has 1 fully saturated rings. The second kappa shape index (κ2) is 5.10. The van der Waals surface area contributed by atoms with Crippen LogP contribution in [0.4, 0.5) is 5.69 Å². The Kier molecular flexibility index (Phi) is 3.88. The molecule has 2 nitrogen and oxygen atoms in total. The Hall–Kier alpha value is -0.730. The van der Waals surface area contributed by atoms with Crippen LogP contribution in [0.15, 0.2) is 18.2 Å². The Morgan fingerprint density at radius 2 is 2.17 bits per heavy atom. The molecule has 1 aromatic rings. The van der Waals surface area contributed by atoms with Crippen LogP contribution in [-0.4, -0.2) is 19.1 Å². The zero-order chi connectivity index (χ0) is 13.3. The lowest BCUT2D eigenvalue weighted by molar-refractivity contribution is 0.418. The minimum absolute atomic E-state index is 0.165. The van der Waals surface area contributed by atoms with Crippen molar-refractivity contribution in [2.75, 3.05) is 18.0 Å². The molecule has 1 unspecified atom stereocenters. The third kappa shape index (κ3) is 2.99. The molecule has 0 aliphatic carbocycles. The Balaban J connectivity index is 2.31. The Morgan fingerprint density at radius 3 is 2.72 bits per heavy atom. The van der Waals surface area contributed by atoms with Gasteiger partial charge in [0.2, 0.25) is 0 Å². The SMILES string of the molecule is CC(N)Cc1cccc(Cl)c1N1CCC(C)(C)C1. The van der Waals surface area contributed by atoms with Gasteiger partial charge in [-0.2, -0.15) is 0 Å². The summed E-state index contributed by atoms with van der Waals surface area (Å²) in [4.78, 5) is 2.42. The van der Waals surface area contributed by atoms with Crippen LogP contribution in [0.25, 0.3) is 0 Å². The molecule has 0 spiro atoms. The van der Waals surface area contributed by atoms with Crippen molar-refractivity contribution in [1.82, 2.24) is 0 Å². The van der Waals surface area contributed by atoms with Gasteiger partial charge in [-0.05, 0) is 36.8 Å². The molecule has 0 saturated carbocycles. The number of hydrogen-bond acceptors (Lipinski definition) is 2.